The summed E-state index contributed by atoms with van der Waals surface area (Å²) in [5.74, 6) is 0.0796. The first-order valence-corrected chi connectivity index (χ1v) is 12.1. The number of halogens is 1. The summed E-state index contributed by atoms with van der Waals surface area (Å²) in [4.78, 5) is 15.1. The van der Waals surface area contributed by atoms with E-state index in [0.717, 1.165) is 50.5 Å². The number of carbonyl (C=O) groups excluding carboxylic acids is 1. The van der Waals surface area contributed by atoms with Gasteiger partial charge in [-0.2, -0.15) is 0 Å². The fourth-order valence-corrected chi connectivity index (χ4v) is 4.80. The average molecular weight is 468 g/mol. The molecule has 172 valence electrons. The van der Waals surface area contributed by atoms with Crippen molar-refractivity contribution in [2.24, 2.45) is 0 Å². The molecule has 0 spiro atoms. The lowest BCUT2D eigenvalue weighted by molar-refractivity contribution is -0.115. The van der Waals surface area contributed by atoms with Crippen LogP contribution in [0.1, 0.15) is 25.8 Å². The molecule has 3 aromatic rings. The fourth-order valence-electron chi connectivity index (χ4n) is 3.88. The second-order valence-corrected chi connectivity index (χ2v) is 9.59. The molecule has 1 saturated carbocycles. The van der Waals surface area contributed by atoms with Gasteiger partial charge in [0.15, 0.2) is 11.0 Å². The van der Waals surface area contributed by atoms with Crippen molar-refractivity contribution in [3.63, 3.8) is 0 Å². The molecule has 2 heterocycles. The Kier molecular flexibility index (Phi) is 6.32. The van der Waals surface area contributed by atoms with Gasteiger partial charge in [0.05, 0.1) is 24.0 Å². The molecule has 1 atom stereocenters. The zero-order valence-electron chi connectivity index (χ0n) is 18.4. The Morgan fingerprint density at radius 3 is 2.55 bits per heavy atom. The van der Waals surface area contributed by atoms with Gasteiger partial charge in [-0.3, -0.25) is 9.36 Å². The summed E-state index contributed by atoms with van der Waals surface area (Å²) in [6, 6.07) is 14.7. The van der Waals surface area contributed by atoms with E-state index < -0.39 is 0 Å². The topological polar surface area (TPSA) is 72.3 Å². The molecule has 5 rings (SSSR count). The van der Waals surface area contributed by atoms with Gasteiger partial charge in [0, 0.05) is 30.5 Å². The minimum absolute atomic E-state index is 0.114. The third kappa shape index (κ3) is 4.89. The van der Waals surface area contributed by atoms with Crippen LogP contribution in [0.2, 0.25) is 0 Å². The van der Waals surface area contributed by atoms with Gasteiger partial charge >= 0.3 is 0 Å². The highest BCUT2D eigenvalue weighted by Crippen LogP contribution is 2.42. The van der Waals surface area contributed by atoms with E-state index in [1.165, 1.54) is 17.8 Å². The van der Waals surface area contributed by atoms with Gasteiger partial charge in [0.2, 0.25) is 5.91 Å². The lowest BCUT2D eigenvalue weighted by atomic mass is 10.2. The second kappa shape index (κ2) is 9.52. The Balaban J connectivity index is 1.26. The molecule has 33 heavy (non-hydrogen) atoms. The van der Waals surface area contributed by atoms with Crippen LogP contribution in [0.4, 0.5) is 15.8 Å². The zero-order chi connectivity index (χ0) is 22.8. The van der Waals surface area contributed by atoms with Crippen molar-refractivity contribution >= 4 is 29.0 Å². The average Bonchev–Trinajstić information content (AvgIpc) is 3.60. The van der Waals surface area contributed by atoms with Crippen molar-refractivity contribution in [2.75, 3.05) is 36.5 Å². The van der Waals surface area contributed by atoms with Crippen molar-refractivity contribution in [2.45, 2.75) is 36.2 Å². The highest BCUT2D eigenvalue weighted by atomic mass is 32.2. The number of ether oxygens (including phenoxy) is 1. The number of amides is 1. The quantitative estimate of drug-likeness (QED) is 0.520. The Morgan fingerprint density at radius 1 is 1.12 bits per heavy atom. The zero-order valence-corrected chi connectivity index (χ0v) is 19.2. The third-order valence-corrected chi connectivity index (χ3v) is 6.91. The molecule has 1 N–H and O–H groups in total. The molecule has 2 aliphatic rings. The molecule has 1 aromatic heterocycles. The molecule has 1 amide bonds. The lowest BCUT2D eigenvalue weighted by Gasteiger charge is -2.28. The van der Waals surface area contributed by atoms with Crippen LogP contribution in [0.15, 0.2) is 53.7 Å². The number of anilines is 2. The molecule has 1 unspecified atom stereocenters. The first-order chi connectivity index (χ1) is 16.1. The molecule has 2 aromatic carbocycles. The van der Waals surface area contributed by atoms with Crippen LogP contribution < -0.4 is 10.2 Å². The van der Waals surface area contributed by atoms with Gasteiger partial charge in [-0.15, -0.1) is 10.2 Å². The highest BCUT2D eigenvalue weighted by molar-refractivity contribution is 8.00. The van der Waals surface area contributed by atoms with Gasteiger partial charge in [0.25, 0.3) is 0 Å². The molecule has 0 radical (unpaired) electrons. The van der Waals surface area contributed by atoms with Crippen molar-refractivity contribution in [1.29, 1.82) is 0 Å². The van der Waals surface area contributed by atoms with Crippen molar-refractivity contribution < 1.29 is 13.9 Å². The third-order valence-electron chi connectivity index (χ3n) is 5.85. The monoisotopic (exact) mass is 467 g/mol. The molecule has 1 aliphatic heterocycles. The number of nitrogens with one attached hydrogen (secondary N) is 1. The van der Waals surface area contributed by atoms with Crippen LogP contribution in [-0.4, -0.2) is 52.2 Å². The smallest absolute Gasteiger partial charge is 0.237 e. The maximum absolute atomic E-state index is 14.4. The normalized spacial score (nSPS) is 17.1. The van der Waals surface area contributed by atoms with E-state index in [4.69, 9.17) is 4.74 Å². The highest BCUT2D eigenvalue weighted by Gasteiger charge is 2.32. The number of carbonyl (C=O) groups is 1. The number of nitrogens with zero attached hydrogens (tertiary/aromatic N) is 4. The van der Waals surface area contributed by atoms with Crippen molar-refractivity contribution in [3.8, 4) is 11.4 Å². The second-order valence-electron chi connectivity index (χ2n) is 8.28. The summed E-state index contributed by atoms with van der Waals surface area (Å²) >= 11 is 1.35. The van der Waals surface area contributed by atoms with E-state index in [1.54, 1.807) is 18.2 Å². The summed E-state index contributed by atoms with van der Waals surface area (Å²) in [5, 5.41) is 11.8. The van der Waals surface area contributed by atoms with Crippen LogP contribution in [0.25, 0.3) is 11.4 Å². The molecule has 1 saturated heterocycles. The molecular formula is C24H26FN5O2S. The first-order valence-electron chi connectivity index (χ1n) is 11.2. The van der Waals surface area contributed by atoms with Crippen LogP contribution in [0, 0.1) is 5.82 Å². The predicted octanol–water partition coefficient (Wildman–Crippen LogP) is 4.38. The maximum Gasteiger partial charge on any atom is 0.237 e. The van der Waals surface area contributed by atoms with E-state index in [1.807, 2.05) is 35.8 Å². The number of hydrogen-bond acceptors (Lipinski definition) is 6. The Bertz CT molecular complexity index is 1130. The van der Waals surface area contributed by atoms with E-state index in [0.29, 0.717) is 16.5 Å². The standard InChI is InChI=1S/C24H26FN5O2S/c1-16(23(31)26-17-6-8-18(9-7-17)29-12-14-32-15-13-29)33-24-28-27-22(30(24)19-10-11-19)20-4-2-3-5-21(20)25/h2-9,16,19H,10-15H2,1H3,(H,26,31). The summed E-state index contributed by atoms with van der Waals surface area (Å²) in [5.41, 5.74) is 2.30. The van der Waals surface area contributed by atoms with E-state index in [-0.39, 0.29) is 23.0 Å². The molecule has 0 bridgehead atoms. The van der Waals surface area contributed by atoms with Crippen LogP contribution in [0.3, 0.4) is 0 Å². The SMILES string of the molecule is CC(Sc1nnc(-c2ccccc2F)n1C1CC1)C(=O)Nc1ccc(N2CCOCC2)cc1. The number of rotatable bonds is 7. The number of morpholine rings is 1. The predicted molar refractivity (Wildman–Crippen MR) is 127 cm³/mol. The summed E-state index contributed by atoms with van der Waals surface area (Å²) in [6.45, 7) is 5.05. The van der Waals surface area contributed by atoms with Crippen molar-refractivity contribution in [1.82, 2.24) is 14.8 Å². The van der Waals surface area contributed by atoms with Gasteiger partial charge in [-0.05, 0) is 56.2 Å². The van der Waals surface area contributed by atoms with Crippen LogP contribution in [-0.2, 0) is 9.53 Å². The maximum atomic E-state index is 14.4. The fraction of sp³-hybridized carbons (Fsp3) is 0.375. The number of thioether (sulfide) groups is 1. The van der Waals surface area contributed by atoms with E-state index in [2.05, 4.69) is 20.4 Å². The lowest BCUT2D eigenvalue weighted by Crippen LogP contribution is -2.36. The first kappa shape index (κ1) is 21.9. The largest absolute Gasteiger partial charge is 0.378 e. The molecule has 1 aliphatic carbocycles. The Hall–Kier alpha value is -2.91. The van der Waals surface area contributed by atoms with Gasteiger partial charge < -0.3 is 15.0 Å². The van der Waals surface area contributed by atoms with Crippen molar-refractivity contribution in [3.05, 3.63) is 54.3 Å². The van der Waals surface area contributed by atoms with Gasteiger partial charge in [-0.25, -0.2) is 4.39 Å². The van der Waals surface area contributed by atoms with Gasteiger partial charge in [0.1, 0.15) is 5.82 Å². The number of benzene rings is 2. The minimum Gasteiger partial charge on any atom is -0.378 e. The molecule has 2 fully saturated rings. The molecule has 9 heteroatoms. The minimum atomic E-state index is -0.390. The van der Waals surface area contributed by atoms with E-state index >= 15 is 0 Å². The summed E-state index contributed by atoms with van der Waals surface area (Å²) in [7, 11) is 0. The van der Waals surface area contributed by atoms with Crippen LogP contribution >= 0.6 is 11.8 Å². The molecular weight excluding hydrogens is 441 g/mol. The number of aromatic nitrogens is 3. The number of hydrogen-bond donors (Lipinski definition) is 1. The molecule has 7 nitrogen and oxygen atoms in total. The Labute approximate surface area is 196 Å². The van der Waals surface area contributed by atoms with Gasteiger partial charge in [-0.1, -0.05) is 23.9 Å². The van der Waals surface area contributed by atoms with E-state index in [9.17, 15) is 9.18 Å². The summed E-state index contributed by atoms with van der Waals surface area (Å²) < 4.78 is 21.7. The summed E-state index contributed by atoms with van der Waals surface area (Å²) in [6.07, 6.45) is 2.01. The van der Waals surface area contributed by atoms with Crippen LogP contribution in [0.5, 0.6) is 0 Å². The Morgan fingerprint density at radius 2 is 1.85 bits per heavy atom.